The lowest BCUT2D eigenvalue weighted by Gasteiger charge is -2.40. The highest BCUT2D eigenvalue weighted by molar-refractivity contribution is 7.18. The van der Waals surface area contributed by atoms with Gasteiger partial charge in [-0.1, -0.05) is 19.8 Å². The van der Waals surface area contributed by atoms with E-state index in [9.17, 15) is 4.79 Å². The van der Waals surface area contributed by atoms with Crippen LogP contribution in [0, 0.1) is 0 Å². The van der Waals surface area contributed by atoms with E-state index in [2.05, 4.69) is 16.7 Å². The number of aryl methyl sites for hydroxylation is 1. The molecule has 2 aliphatic carbocycles. The van der Waals surface area contributed by atoms with Gasteiger partial charge in [0.2, 0.25) is 0 Å². The van der Waals surface area contributed by atoms with Crippen LogP contribution in [0.3, 0.4) is 0 Å². The van der Waals surface area contributed by atoms with Crippen molar-refractivity contribution in [2.45, 2.75) is 64.0 Å². The van der Waals surface area contributed by atoms with Crippen LogP contribution in [0.1, 0.15) is 55.5 Å². The quantitative estimate of drug-likeness (QED) is 0.813. The summed E-state index contributed by atoms with van der Waals surface area (Å²) in [5.41, 5.74) is 1.54. The molecule has 3 heterocycles. The van der Waals surface area contributed by atoms with Crippen molar-refractivity contribution in [3.05, 3.63) is 27.1 Å². The number of likely N-dealkylation sites (N-methyl/N-ethyl adjacent to an activating group) is 1. The normalized spacial score (nSPS) is 25.3. The largest absolute Gasteiger partial charge is 0.301 e. The second-order valence-electron chi connectivity index (χ2n) is 8.45. The Labute approximate surface area is 165 Å². The van der Waals surface area contributed by atoms with E-state index in [1.807, 2.05) is 10.9 Å². The monoisotopic (exact) mass is 386 g/mol. The molecule has 5 rings (SSSR count). The van der Waals surface area contributed by atoms with Gasteiger partial charge in [0.25, 0.3) is 5.56 Å². The Kier molecular flexibility index (Phi) is 4.82. The van der Waals surface area contributed by atoms with E-state index < -0.39 is 0 Å². The van der Waals surface area contributed by atoms with Gasteiger partial charge < -0.3 is 4.90 Å². The van der Waals surface area contributed by atoms with Gasteiger partial charge in [-0.2, -0.15) is 0 Å². The van der Waals surface area contributed by atoms with Gasteiger partial charge in [-0.05, 0) is 44.2 Å². The molecule has 1 aliphatic heterocycles. The number of hydrogen-bond donors (Lipinski definition) is 0. The van der Waals surface area contributed by atoms with E-state index in [1.54, 1.807) is 11.3 Å². The molecule has 0 aromatic carbocycles. The third kappa shape index (κ3) is 3.15. The summed E-state index contributed by atoms with van der Waals surface area (Å²) >= 11 is 1.78. The van der Waals surface area contributed by atoms with Crippen LogP contribution in [0.4, 0.5) is 0 Å². The van der Waals surface area contributed by atoms with E-state index in [4.69, 9.17) is 4.98 Å². The number of nitrogens with zero attached hydrogens (tertiary/aromatic N) is 4. The Hall–Kier alpha value is -1.24. The minimum atomic E-state index is 0.222. The van der Waals surface area contributed by atoms with Crippen molar-refractivity contribution in [2.24, 2.45) is 0 Å². The summed E-state index contributed by atoms with van der Waals surface area (Å²) in [5, 5.41) is 0.943. The number of thiophene rings is 1. The number of rotatable bonds is 3. The number of hydrogen-bond acceptors (Lipinski definition) is 5. The molecule has 0 radical (unpaired) electrons. The van der Waals surface area contributed by atoms with Crippen molar-refractivity contribution in [2.75, 3.05) is 32.7 Å². The van der Waals surface area contributed by atoms with Gasteiger partial charge in [0, 0.05) is 43.1 Å². The maximum Gasteiger partial charge on any atom is 0.262 e. The maximum absolute atomic E-state index is 13.2. The fourth-order valence-corrected chi connectivity index (χ4v) is 6.61. The fourth-order valence-electron chi connectivity index (χ4n) is 5.36. The molecule has 1 atom stereocenters. The lowest BCUT2D eigenvalue weighted by molar-refractivity contribution is 0.0932. The van der Waals surface area contributed by atoms with Crippen molar-refractivity contribution in [1.29, 1.82) is 0 Å². The molecule has 0 bridgehead atoms. The summed E-state index contributed by atoms with van der Waals surface area (Å²) < 4.78 is 1.94. The zero-order valence-corrected chi connectivity index (χ0v) is 17.1. The van der Waals surface area contributed by atoms with Crippen LogP contribution in [0.25, 0.3) is 10.2 Å². The van der Waals surface area contributed by atoms with Crippen LogP contribution in [0.15, 0.2) is 11.1 Å². The Balaban J connectivity index is 1.41. The summed E-state index contributed by atoms with van der Waals surface area (Å²) in [7, 11) is 0. The molecule has 3 aliphatic rings. The van der Waals surface area contributed by atoms with Crippen LogP contribution < -0.4 is 5.56 Å². The van der Waals surface area contributed by atoms with E-state index in [-0.39, 0.29) is 5.56 Å². The Morgan fingerprint density at radius 2 is 1.89 bits per heavy atom. The molecule has 2 aromatic heterocycles. The molecule has 0 amide bonds. The SMILES string of the molecule is CCN1CCN(C2CCc3c(sc4ncn(C5CCCC5)c(=O)c34)C2)CC1. The third-order valence-electron chi connectivity index (χ3n) is 7.06. The van der Waals surface area contributed by atoms with Crippen LogP contribution >= 0.6 is 11.3 Å². The summed E-state index contributed by atoms with van der Waals surface area (Å²) in [4.78, 5) is 25.5. The van der Waals surface area contributed by atoms with Gasteiger partial charge >= 0.3 is 0 Å². The highest BCUT2D eigenvalue weighted by Gasteiger charge is 2.30. The van der Waals surface area contributed by atoms with Gasteiger partial charge in [-0.3, -0.25) is 14.3 Å². The van der Waals surface area contributed by atoms with Crippen LogP contribution in [-0.2, 0) is 12.8 Å². The van der Waals surface area contributed by atoms with Crippen LogP contribution in [0.2, 0.25) is 0 Å². The highest BCUT2D eigenvalue weighted by Crippen LogP contribution is 2.36. The number of aromatic nitrogens is 2. The average molecular weight is 387 g/mol. The van der Waals surface area contributed by atoms with Crippen molar-refractivity contribution in [1.82, 2.24) is 19.4 Å². The molecule has 146 valence electrons. The molecule has 2 aromatic rings. The van der Waals surface area contributed by atoms with E-state index >= 15 is 0 Å². The second kappa shape index (κ2) is 7.30. The molecule has 2 fully saturated rings. The highest BCUT2D eigenvalue weighted by atomic mass is 32.1. The zero-order valence-electron chi connectivity index (χ0n) is 16.3. The lowest BCUT2D eigenvalue weighted by Crippen LogP contribution is -2.51. The van der Waals surface area contributed by atoms with Crippen molar-refractivity contribution in [3.8, 4) is 0 Å². The first kappa shape index (κ1) is 17.8. The topological polar surface area (TPSA) is 41.4 Å². The van der Waals surface area contributed by atoms with E-state index in [0.717, 1.165) is 42.4 Å². The molecule has 0 spiro atoms. The van der Waals surface area contributed by atoms with Crippen molar-refractivity contribution in [3.63, 3.8) is 0 Å². The lowest BCUT2D eigenvalue weighted by atomic mass is 9.91. The Morgan fingerprint density at radius 3 is 2.63 bits per heavy atom. The maximum atomic E-state index is 13.2. The van der Waals surface area contributed by atoms with Gasteiger partial charge in [0.1, 0.15) is 4.83 Å². The van der Waals surface area contributed by atoms with E-state index in [0.29, 0.717) is 12.1 Å². The van der Waals surface area contributed by atoms with Crippen molar-refractivity contribution < 1.29 is 0 Å². The Bertz CT molecular complexity index is 874. The molecule has 1 saturated carbocycles. The first-order valence-corrected chi connectivity index (χ1v) is 11.5. The average Bonchev–Trinajstić information content (AvgIpc) is 3.35. The van der Waals surface area contributed by atoms with Gasteiger partial charge in [0.15, 0.2) is 0 Å². The third-order valence-corrected chi connectivity index (χ3v) is 8.22. The summed E-state index contributed by atoms with van der Waals surface area (Å²) in [6.45, 7) is 8.18. The molecule has 5 nitrogen and oxygen atoms in total. The number of piperazine rings is 1. The van der Waals surface area contributed by atoms with Gasteiger partial charge in [-0.25, -0.2) is 4.98 Å². The molecule has 1 saturated heterocycles. The molecule has 1 unspecified atom stereocenters. The first-order valence-electron chi connectivity index (χ1n) is 10.7. The fraction of sp³-hybridized carbons (Fsp3) is 0.714. The van der Waals surface area contributed by atoms with Gasteiger partial charge in [0.05, 0.1) is 11.7 Å². The molecular weight excluding hydrogens is 356 g/mol. The predicted octanol–water partition coefficient (Wildman–Crippen LogP) is 3.07. The smallest absolute Gasteiger partial charge is 0.262 e. The van der Waals surface area contributed by atoms with Gasteiger partial charge in [-0.15, -0.1) is 11.3 Å². The molecule has 27 heavy (non-hydrogen) atoms. The Morgan fingerprint density at radius 1 is 1.11 bits per heavy atom. The number of fused-ring (bicyclic) bond motifs is 3. The second-order valence-corrected chi connectivity index (χ2v) is 9.53. The molecule has 0 N–H and O–H groups in total. The van der Waals surface area contributed by atoms with Crippen molar-refractivity contribution >= 4 is 21.6 Å². The van der Waals surface area contributed by atoms with Crippen LogP contribution in [0.5, 0.6) is 0 Å². The van der Waals surface area contributed by atoms with E-state index in [1.165, 1.54) is 55.9 Å². The molecule has 6 heteroatoms. The first-order chi connectivity index (χ1) is 13.2. The summed E-state index contributed by atoms with van der Waals surface area (Å²) in [6.07, 6.45) is 9.89. The van der Waals surface area contributed by atoms with Crippen LogP contribution in [-0.4, -0.2) is 58.1 Å². The summed E-state index contributed by atoms with van der Waals surface area (Å²) in [6, 6.07) is 1.01. The minimum Gasteiger partial charge on any atom is -0.301 e. The minimum absolute atomic E-state index is 0.222. The molecular formula is C21H30N4OS. The zero-order chi connectivity index (χ0) is 18.4. The summed E-state index contributed by atoms with van der Waals surface area (Å²) in [5.74, 6) is 0. The standard InChI is InChI=1S/C21H30N4OS/c1-2-23-9-11-24(12-10-23)16-7-8-17-18(13-16)27-20-19(17)21(26)25(14-22-20)15-5-3-4-6-15/h14-16H,2-13H2,1H3. The predicted molar refractivity (Wildman–Crippen MR) is 111 cm³/mol.